The summed E-state index contributed by atoms with van der Waals surface area (Å²) in [6.45, 7) is 1.50. The minimum atomic E-state index is -4.40. The van der Waals surface area contributed by atoms with Crippen LogP contribution in [0.4, 0.5) is 19.0 Å². The van der Waals surface area contributed by atoms with Gasteiger partial charge < -0.3 is 14.8 Å². The predicted molar refractivity (Wildman–Crippen MR) is 100 cm³/mol. The zero-order valence-electron chi connectivity index (χ0n) is 15.3. The van der Waals surface area contributed by atoms with Gasteiger partial charge in [0, 0.05) is 43.8 Å². The Balaban J connectivity index is 1.30. The number of carbonyl (C=O) groups is 1. The Labute approximate surface area is 165 Å². The van der Waals surface area contributed by atoms with Crippen LogP contribution in [0.1, 0.15) is 21.5 Å². The summed E-state index contributed by atoms with van der Waals surface area (Å²) < 4.78 is 40.4. The van der Waals surface area contributed by atoms with Crippen LogP contribution in [0, 0.1) is 0 Å². The zero-order chi connectivity index (χ0) is 20.4. The molecular formula is C20H18F3N5O. The Hall–Kier alpha value is -3.36. The van der Waals surface area contributed by atoms with Crippen molar-refractivity contribution >= 4 is 11.7 Å². The summed E-state index contributed by atoms with van der Waals surface area (Å²) in [5.74, 6) is 0.0509. The first-order valence-corrected chi connectivity index (χ1v) is 9.02. The van der Waals surface area contributed by atoms with Gasteiger partial charge in [-0.3, -0.25) is 4.79 Å². The molecule has 150 valence electrons. The van der Waals surface area contributed by atoms with Crippen LogP contribution in [0.15, 0.2) is 61.3 Å². The largest absolute Gasteiger partial charge is 0.416 e. The van der Waals surface area contributed by atoms with E-state index in [0.717, 1.165) is 23.9 Å². The molecule has 1 aliphatic heterocycles. The molecule has 4 rings (SSSR count). The fourth-order valence-corrected chi connectivity index (χ4v) is 3.15. The number of pyridine rings is 1. The molecule has 29 heavy (non-hydrogen) atoms. The van der Waals surface area contributed by atoms with Crippen molar-refractivity contribution in [1.82, 2.24) is 19.9 Å². The maximum absolute atomic E-state index is 12.8. The van der Waals surface area contributed by atoms with E-state index >= 15 is 0 Å². The number of amides is 1. The van der Waals surface area contributed by atoms with Crippen LogP contribution < -0.4 is 10.2 Å². The zero-order valence-corrected chi connectivity index (χ0v) is 15.3. The van der Waals surface area contributed by atoms with Gasteiger partial charge in [-0.05, 0) is 29.8 Å². The number of alkyl halides is 3. The van der Waals surface area contributed by atoms with Gasteiger partial charge in [0.25, 0.3) is 5.91 Å². The van der Waals surface area contributed by atoms with Gasteiger partial charge in [-0.25, -0.2) is 9.97 Å². The van der Waals surface area contributed by atoms with Crippen molar-refractivity contribution < 1.29 is 18.0 Å². The molecule has 1 amide bonds. The molecule has 2 aromatic heterocycles. The number of hydrogen-bond acceptors (Lipinski definition) is 4. The van der Waals surface area contributed by atoms with Crippen molar-refractivity contribution in [1.29, 1.82) is 0 Å². The monoisotopic (exact) mass is 401 g/mol. The summed E-state index contributed by atoms with van der Waals surface area (Å²) in [5.41, 5.74) is 0.853. The quantitative estimate of drug-likeness (QED) is 0.714. The molecule has 0 atom stereocenters. The first-order valence-electron chi connectivity index (χ1n) is 9.02. The van der Waals surface area contributed by atoms with Crippen molar-refractivity contribution in [2.75, 3.05) is 18.0 Å². The lowest BCUT2D eigenvalue weighted by atomic mass is 10.1. The second-order valence-electron chi connectivity index (χ2n) is 6.91. The lowest BCUT2D eigenvalue weighted by Crippen LogP contribution is -2.59. The molecule has 3 heterocycles. The number of carbonyl (C=O) groups excluding carboxylic acids is 1. The fraction of sp³-hybridized carbons (Fsp3) is 0.250. The maximum atomic E-state index is 12.8. The Bertz CT molecular complexity index is 980. The van der Waals surface area contributed by atoms with Crippen LogP contribution in [0.5, 0.6) is 0 Å². The SMILES string of the molecule is O=C(NC1CN(c2cc(C(F)(F)F)ccn2)C1)c1ccc(Cn2ccnc2)cc1. The molecule has 3 aromatic rings. The molecule has 9 heteroatoms. The first-order chi connectivity index (χ1) is 13.9. The molecule has 1 aliphatic rings. The third kappa shape index (κ3) is 4.39. The van der Waals surface area contributed by atoms with Crippen molar-refractivity contribution in [3.05, 3.63) is 78.0 Å². The third-order valence-electron chi connectivity index (χ3n) is 4.75. The highest BCUT2D eigenvalue weighted by Gasteiger charge is 2.33. The Morgan fingerprint density at radius 1 is 1.14 bits per heavy atom. The van der Waals surface area contributed by atoms with Crippen LogP contribution in [-0.4, -0.2) is 39.6 Å². The third-order valence-corrected chi connectivity index (χ3v) is 4.75. The number of nitrogens with zero attached hydrogens (tertiary/aromatic N) is 4. The molecule has 0 aliphatic carbocycles. The van der Waals surface area contributed by atoms with Gasteiger partial charge in [-0.15, -0.1) is 0 Å². The molecule has 0 spiro atoms. The molecule has 0 bridgehead atoms. The average molecular weight is 401 g/mol. The highest BCUT2D eigenvalue weighted by Crippen LogP contribution is 2.31. The standard InChI is InChI=1S/C20H18F3N5O/c21-20(22,23)16-5-6-25-18(9-16)28-11-17(12-28)26-19(29)15-3-1-14(2-4-15)10-27-8-7-24-13-27/h1-9,13,17H,10-12H2,(H,26,29). The predicted octanol–water partition coefficient (Wildman–Crippen LogP) is 2.96. The number of anilines is 1. The second kappa shape index (κ2) is 7.57. The number of hydrogen-bond donors (Lipinski definition) is 1. The van der Waals surface area contributed by atoms with E-state index in [1.807, 2.05) is 22.9 Å². The molecule has 1 N–H and O–H groups in total. The Morgan fingerprint density at radius 2 is 1.90 bits per heavy atom. The summed E-state index contributed by atoms with van der Waals surface area (Å²) in [4.78, 5) is 22.1. The molecular weight excluding hydrogens is 383 g/mol. The molecule has 1 aromatic carbocycles. The van der Waals surface area contributed by atoms with Gasteiger partial charge in [-0.1, -0.05) is 12.1 Å². The summed E-state index contributed by atoms with van der Waals surface area (Å²) in [6, 6.07) is 9.11. The van der Waals surface area contributed by atoms with E-state index in [4.69, 9.17) is 0 Å². The summed E-state index contributed by atoms with van der Waals surface area (Å²) in [5, 5.41) is 2.90. The van der Waals surface area contributed by atoms with Crippen LogP contribution in [0.3, 0.4) is 0 Å². The van der Waals surface area contributed by atoms with E-state index in [2.05, 4.69) is 15.3 Å². The topological polar surface area (TPSA) is 63.1 Å². The lowest BCUT2D eigenvalue weighted by molar-refractivity contribution is -0.137. The molecule has 0 saturated carbocycles. The van der Waals surface area contributed by atoms with Gasteiger partial charge in [0.05, 0.1) is 17.9 Å². The van der Waals surface area contributed by atoms with Gasteiger partial charge in [0.2, 0.25) is 0 Å². The summed E-state index contributed by atoms with van der Waals surface area (Å²) in [6.07, 6.45) is 2.04. The fourth-order valence-electron chi connectivity index (χ4n) is 3.15. The lowest BCUT2D eigenvalue weighted by Gasteiger charge is -2.40. The van der Waals surface area contributed by atoms with E-state index in [0.29, 0.717) is 25.2 Å². The average Bonchev–Trinajstić information content (AvgIpc) is 3.17. The highest BCUT2D eigenvalue weighted by molar-refractivity contribution is 5.94. The number of halogens is 3. The van der Waals surface area contributed by atoms with E-state index in [1.165, 1.54) is 0 Å². The van der Waals surface area contributed by atoms with Gasteiger partial charge in [0.1, 0.15) is 5.82 Å². The van der Waals surface area contributed by atoms with Gasteiger partial charge in [-0.2, -0.15) is 13.2 Å². The number of nitrogens with one attached hydrogen (secondary N) is 1. The van der Waals surface area contributed by atoms with Crippen molar-refractivity contribution in [3.8, 4) is 0 Å². The smallest absolute Gasteiger partial charge is 0.352 e. The van der Waals surface area contributed by atoms with E-state index < -0.39 is 11.7 Å². The molecule has 6 nitrogen and oxygen atoms in total. The summed E-state index contributed by atoms with van der Waals surface area (Å²) in [7, 11) is 0. The van der Waals surface area contributed by atoms with E-state index in [1.54, 1.807) is 29.6 Å². The first kappa shape index (κ1) is 19.0. The van der Waals surface area contributed by atoms with Crippen LogP contribution >= 0.6 is 0 Å². The molecule has 1 saturated heterocycles. The summed E-state index contributed by atoms with van der Waals surface area (Å²) >= 11 is 0. The van der Waals surface area contributed by atoms with Crippen molar-refractivity contribution in [2.45, 2.75) is 18.8 Å². The van der Waals surface area contributed by atoms with Crippen LogP contribution in [0.2, 0.25) is 0 Å². The highest BCUT2D eigenvalue weighted by atomic mass is 19.4. The van der Waals surface area contributed by atoms with Crippen molar-refractivity contribution in [2.24, 2.45) is 0 Å². The van der Waals surface area contributed by atoms with Gasteiger partial charge in [0.15, 0.2) is 0 Å². The van der Waals surface area contributed by atoms with Crippen LogP contribution in [0.25, 0.3) is 0 Å². The number of aromatic nitrogens is 3. The van der Waals surface area contributed by atoms with Crippen LogP contribution in [-0.2, 0) is 12.7 Å². The minimum Gasteiger partial charge on any atom is -0.352 e. The normalized spacial score (nSPS) is 14.5. The minimum absolute atomic E-state index is 0.135. The molecule has 1 fully saturated rings. The number of benzene rings is 1. The Kier molecular flexibility index (Phi) is 4.96. The van der Waals surface area contributed by atoms with E-state index in [9.17, 15) is 18.0 Å². The molecule has 0 unspecified atom stereocenters. The van der Waals surface area contributed by atoms with Gasteiger partial charge >= 0.3 is 6.18 Å². The maximum Gasteiger partial charge on any atom is 0.416 e. The second-order valence-corrected chi connectivity index (χ2v) is 6.91. The number of rotatable bonds is 5. The Morgan fingerprint density at radius 3 is 2.55 bits per heavy atom. The molecule has 0 radical (unpaired) electrons. The number of imidazole rings is 1. The van der Waals surface area contributed by atoms with E-state index in [-0.39, 0.29) is 17.8 Å². The van der Waals surface area contributed by atoms with Crippen molar-refractivity contribution in [3.63, 3.8) is 0 Å².